The summed E-state index contributed by atoms with van der Waals surface area (Å²) in [5.74, 6) is 1.54. The number of nitrogens with two attached hydrogens (primary N) is 1. The van der Waals surface area contributed by atoms with Gasteiger partial charge < -0.3 is 5.73 Å². The maximum atomic E-state index is 6.35. The minimum atomic E-state index is 0.239. The molecule has 1 aromatic rings. The third-order valence-electron chi connectivity index (χ3n) is 5.53. The monoisotopic (exact) mass is 292 g/mol. The Hall–Kier alpha value is -0.380. The Morgan fingerprint density at radius 1 is 1.30 bits per heavy atom. The highest BCUT2D eigenvalue weighted by Gasteiger charge is 2.48. The van der Waals surface area contributed by atoms with Crippen molar-refractivity contribution < 1.29 is 0 Å². The zero-order valence-electron chi connectivity index (χ0n) is 12.8. The van der Waals surface area contributed by atoms with Crippen LogP contribution < -0.4 is 5.73 Å². The molecule has 2 N–H and O–H groups in total. The Bertz CT molecular complexity index is 426. The van der Waals surface area contributed by atoms with Crippen LogP contribution in [-0.4, -0.2) is 23.0 Å². The van der Waals surface area contributed by atoms with E-state index >= 15 is 0 Å². The maximum absolute atomic E-state index is 6.35. The van der Waals surface area contributed by atoms with Gasteiger partial charge in [-0.3, -0.25) is 4.90 Å². The molecule has 0 spiro atoms. The summed E-state index contributed by atoms with van der Waals surface area (Å²) in [5, 5.41) is 2.20. The SMILES string of the molecule is CC1CCC(C)C(CN)(N(Cc2cccs2)C2CC2)C1. The fraction of sp³-hybridized carbons (Fsp3) is 0.765. The molecular weight excluding hydrogens is 264 g/mol. The topological polar surface area (TPSA) is 29.3 Å². The van der Waals surface area contributed by atoms with Crippen LogP contribution in [0.25, 0.3) is 0 Å². The second-order valence-electron chi connectivity index (χ2n) is 7.03. The smallest absolute Gasteiger partial charge is 0.0366 e. The van der Waals surface area contributed by atoms with Crippen molar-refractivity contribution in [3.8, 4) is 0 Å². The van der Waals surface area contributed by atoms with E-state index in [4.69, 9.17) is 5.73 Å². The molecular formula is C17H28N2S. The highest BCUT2D eigenvalue weighted by molar-refractivity contribution is 7.09. The normalized spacial score (nSPS) is 34.6. The summed E-state index contributed by atoms with van der Waals surface area (Å²) in [4.78, 5) is 4.29. The molecule has 0 bridgehead atoms. The van der Waals surface area contributed by atoms with E-state index in [9.17, 15) is 0 Å². The molecule has 112 valence electrons. The van der Waals surface area contributed by atoms with E-state index in [2.05, 4.69) is 36.3 Å². The van der Waals surface area contributed by atoms with Gasteiger partial charge in [-0.25, -0.2) is 0 Å². The van der Waals surface area contributed by atoms with Gasteiger partial charge in [0, 0.05) is 29.5 Å². The summed E-state index contributed by atoms with van der Waals surface area (Å²) >= 11 is 1.89. The van der Waals surface area contributed by atoms with Crippen LogP contribution in [-0.2, 0) is 6.54 Å². The molecule has 0 radical (unpaired) electrons. The van der Waals surface area contributed by atoms with Gasteiger partial charge in [-0.2, -0.15) is 0 Å². The number of hydrogen-bond acceptors (Lipinski definition) is 3. The van der Waals surface area contributed by atoms with Crippen molar-refractivity contribution in [2.24, 2.45) is 17.6 Å². The second kappa shape index (κ2) is 5.78. The molecule has 1 aromatic heterocycles. The zero-order valence-corrected chi connectivity index (χ0v) is 13.7. The third kappa shape index (κ3) is 2.68. The molecule has 2 aliphatic rings. The Morgan fingerprint density at radius 2 is 2.10 bits per heavy atom. The van der Waals surface area contributed by atoms with Crippen molar-refractivity contribution >= 4 is 11.3 Å². The Kier molecular flexibility index (Phi) is 4.21. The first-order chi connectivity index (χ1) is 9.65. The molecule has 2 fully saturated rings. The van der Waals surface area contributed by atoms with Crippen LogP contribution in [0.5, 0.6) is 0 Å². The van der Waals surface area contributed by atoms with E-state index in [-0.39, 0.29) is 5.54 Å². The highest BCUT2D eigenvalue weighted by atomic mass is 32.1. The van der Waals surface area contributed by atoms with E-state index < -0.39 is 0 Å². The molecule has 3 unspecified atom stereocenters. The van der Waals surface area contributed by atoms with Crippen LogP contribution in [0.15, 0.2) is 17.5 Å². The lowest BCUT2D eigenvalue weighted by Crippen LogP contribution is -2.60. The lowest BCUT2D eigenvalue weighted by molar-refractivity contribution is -0.0155. The highest BCUT2D eigenvalue weighted by Crippen LogP contribution is 2.46. The average molecular weight is 292 g/mol. The maximum Gasteiger partial charge on any atom is 0.0366 e. The van der Waals surface area contributed by atoms with Crippen LogP contribution in [0.3, 0.4) is 0 Å². The molecule has 2 aliphatic carbocycles. The molecule has 3 heteroatoms. The van der Waals surface area contributed by atoms with Gasteiger partial charge in [-0.05, 0) is 49.0 Å². The van der Waals surface area contributed by atoms with Crippen LogP contribution in [0.2, 0.25) is 0 Å². The molecule has 1 heterocycles. The van der Waals surface area contributed by atoms with Crippen LogP contribution in [0.1, 0.15) is 50.8 Å². The summed E-state index contributed by atoms with van der Waals surface area (Å²) in [7, 11) is 0. The van der Waals surface area contributed by atoms with Gasteiger partial charge >= 0.3 is 0 Å². The van der Waals surface area contributed by atoms with Crippen molar-refractivity contribution in [2.45, 2.75) is 64.1 Å². The minimum absolute atomic E-state index is 0.239. The van der Waals surface area contributed by atoms with Gasteiger partial charge in [0.2, 0.25) is 0 Å². The lowest BCUT2D eigenvalue weighted by Gasteiger charge is -2.52. The molecule has 20 heavy (non-hydrogen) atoms. The van der Waals surface area contributed by atoms with E-state index in [1.165, 1.54) is 37.0 Å². The van der Waals surface area contributed by atoms with Crippen molar-refractivity contribution in [1.29, 1.82) is 0 Å². The largest absolute Gasteiger partial charge is 0.329 e. The summed E-state index contributed by atoms with van der Waals surface area (Å²) in [6, 6.07) is 5.24. The number of nitrogens with zero attached hydrogens (tertiary/aromatic N) is 1. The minimum Gasteiger partial charge on any atom is -0.329 e. The second-order valence-corrected chi connectivity index (χ2v) is 8.07. The zero-order chi connectivity index (χ0) is 14.2. The van der Waals surface area contributed by atoms with E-state index in [1.54, 1.807) is 0 Å². The predicted octanol–water partition coefficient (Wildman–Crippen LogP) is 3.87. The Balaban J connectivity index is 1.86. The fourth-order valence-corrected chi connectivity index (χ4v) is 4.82. The van der Waals surface area contributed by atoms with Crippen molar-refractivity contribution in [3.05, 3.63) is 22.4 Å². The Labute approximate surface area is 127 Å². The Morgan fingerprint density at radius 3 is 2.70 bits per heavy atom. The molecule has 0 amide bonds. The average Bonchev–Trinajstić information content (AvgIpc) is 3.16. The quantitative estimate of drug-likeness (QED) is 0.892. The van der Waals surface area contributed by atoms with Crippen molar-refractivity contribution in [3.63, 3.8) is 0 Å². The van der Waals surface area contributed by atoms with E-state index in [1.807, 2.05) is 11.3 Å². The van der Waals surface area contributed by atoms with Gasteiger partial charge in [0.15, 0.2) is 0 Å². The molecule has 3 atom stereocenters. The van der Waals surface area contributed by atoms with E-state index in [0.29, 0.717) is 0 Å². The number of hydrogen-bond donors (Lipinski definition) is 1. The van der Waals surface area contributed by atoms with Crippen LogP contribution >= 0.6 is 11.3 Å². The van der Waals surface area contributed by atoms with Gasteiger partial charge in [0.05, 0.1) is 0 Å². The van der Waals surface area contributed by atoms with Gasteiger partial charge in [-0.15, -0.1) is 11.3 Å². The van der Waals surface area contributed by atoms with Crippen molar-refractivity contribution in [2.75, 3.05) is 6.54 Å². The number of rotatable bonds is 5. The van der Waals surface area contributed by atoms with Crippen LogP contribution in [0, 0.1) is 11.8 Å². The molecule has 2 saturated carbocycles. The molecule has 3 rings (SSSR count). The standard InChI is InChI=1S/C17H28N2S/c1-13-5-6-14(2)17(10-13,12-18)19(15-7-8-15)11-16-4-3-9-20-16/h3-4,9,13-15H,5-8,10-12,18H2,1-2H3. The van der Waals surface area contributed by atoms with E-state index in [0.717, 1.165) is 31.0 Å². The summed E-state index contributed by atoms with van der Waals surface area (Å²) in [5.41, 5.74) is 6.59. The lowest BCUT2D eigenvalue weighted by atomic mass is 9.68. The third-order valence-corrected chi connectivity index (χ3v) is 6.39. The van der Waals surface area contributed by atoms with Gasteiger partial charge in [0.1, 0.15) is 0 Å². The summed E-state index contributed by atoms with van der Waals surface area (Å²) < 4.78 is 0. The first-order valence-corrected chi connectivity index (χ1v) is 9.03. The summed E-state index contributed by atoms with van der Waals surface area (Å²) in [6.45, 7) is 6.77. The fourth-order valence-electron chi connectivity index (χ4n) is 4.12. The van der Waals surface area contributed by atoms with Gasteiger partial charge in [0.25, 0.3) is 0 Å². The van der Waals surface area contributed by atoms with Gasteiger partial charge in [-0.1, -0.05) is 26.3 Å². The first kappa shape index (κ1) is 14.6. The number of thiophene rings is 1. The molecule has 2 nitrogen and oxygen atoms in total. The molecule has 0 aliphatic heterocycles. The first-order valence-electron chi connectivity index (χ1n) is 8.15. The van der Waals surface area contributed by atoms with Crippen molar-refractivity contribution in [1.82, 2.24) is 4.90 Å². The summed E-state index contributed by atoms with van der Waals surface area (Å²) in [6.07, 6.45) is 6.74. The van der Waals surface area contributed by atoms with Crippen LogP contribution in [0.4, 0.5) is 0 Å². The molecule has 0 saturated heterocycles. The molecule has 0 aromatic carbocycles. The predicted molar refractivity (Wildman–Crippen MR) is 86.8 cm³/mol.